The van der Waals surface area contributed by atoms with Gasteiger partial charge in [-0.2, -0.15) is 0 Å². The minimum atomic E-state index is -0.807. The summed E-state index contributed by atoms with van der Waals surface area (Å²) >= 11 is 1.64. The van der Waals surface area contributed by atoms with Crippen LogP contribution in [0.1, 0.15) is 11.8 Å². The number of nitrogens with two attached hydrogens (primary N) is 1. The number of carbonyl (C=O) groups is 1. The van der Waals surface area contributed by atoms with Gasteiger partial charge in [0.05, 0.1) is 6.61 Å². The summed E-state index contributed by atoms with van der Waals surface area (Å²) in [5, 5.41) is 5.10. The highest BCUT2D eigenvalue weighted by Crippen LogP contribution is 2.11. The summed E-state index contributed by atoms with van der Waals surface area (Å²) in [5.74, 6) is -0.402. The lowest BCUT2D eigenvalue weighted by Gasteiger charge is -2.26. The molecule has 0 aliphatic carbocycles. The molecule has 1 aromatic heterocycles. The lowest BCUT2D eigenvalue weighted by molar-refractivity contribution is -0.125. The Bertz CT molecular complexity index is 313. The summed E-state index contributed by atoms with van der Waals surface area (Å²) in [6, 6.07) is 3.98. The second kappa shape index (κ2) is 5.25. The highest BCUT2D eigenvalue weighted by molar-refractivity contribution is 7.09. The normalized spacial score (nSPS) is 14.8. The molecule has 1 amide bonds. The third-order valence-corrected chi connectivity index (χ3v) is 3.09. The van der Waals surface area contributed by atoms with Gasteiger partial charge in [0.15, 0.2) is 0 Å². The van der Waals surface area contributed by atoms with Crippen LogP contribution in [-0.2, 0) is 16.1 Å². The van der Waals surface area contributed by atoms with E-state index < -0.39 is 11.4 Å². The van der Waals surface area contributed by atoms with Gasteiger partial charge in [-0.15, -0.1) is 11.3 Å². The fourth-order valence-electron chi connectivity index (χ4n) is 1.19. The Morgan fingerprint density at radius 2 is 2.47 bits per heavy atom. The Balaban J connectivity index is 2.56. The highest BCUT2D eigenvalue weighted by atomic mass is 32.1. The molecule has 0 saturated carbocycles. The maximum atomic E-state index is 11.3. The predicted octanol–water partition coefficient (Wildman–Crippen LogP) is 0.728. The van der Waals surface area contributed by atoms with Crippen molar-refractivity contribution < 1.29 is 9.53 Å². The lowest BCUT2D eigenvalue weighted by Crippen LogP contribution is -2.55. The van der Waals surface area contributed by atoms with Gasteiger partial charge in [0.25, 0.3) is 0 Å². The third kappa shape index (κ3) is 3.30. The number of nitrogens with one attached hydrogen (secondary N) is 1. The topological polar surface area (TPSA) is 64.3 Å². The lowest BCUT2D eigenvalue weighted by atomic mass is 10.0. The zero-order valence-corrected chi connectivity index (χ0v) is 9.76. The molecule has 84 valence electrons. The standard InChI is InChI=1S/C10H16N2O2S/c1-10(7-14-2,9(11)13)12-6-8-4-3-5-15-8/h3-5,12H,6-7H2,1-2H3,(H2,11,13). The zero-order chi connectivity index (χ0) is 11.3. The molecule has 0 aromatic carbocycles. The molecule has 5 heteroatoms. The van der Waals surface area contributed by atoms with Crippen molar-refractivity contribution in [1.29, 1.82) is 0 Å². The largest absolute Gasteiger partial charge is 0.382 e. The van der Waals surface area contributed by atoms with E-state index in [1.807, 2.05) is 17.5 Å². The first kappa shape index (κ1) is 12.2. The summed E-state index contributed by atoms with van der Waals surface area (Å²) in [7, 11) is 1.55. The predicted molar refractivity (Wildman–Crippen MR) is 60.6 cm³/mol. The smallest absolute Gasteiger partial charge is 0.239 e. The average molecular weight is 228 g/mol. The molecule has 1 heterocycles. The first-order chi connectivity index (χ1) is 7.08. The molecule has 0 spiro atoms. The molecule has 3 N–H and O–H groups in total. The Morgan fingerprint density at radius 1 is 1.73 bits per heavy atom. The van der Waals surface area contributed by atoms with Gasteiger partial charge in [-0.25, -0.2) is 0 Å². The maximum Gasteiger partial charge on any atom is 0.239 e. The molecule has 0 aliphatic heterocycles. The number of primary amides is 1. The van der Waals surface area contributed by atoms with Crippen LogP contribution >= 0.6 is 11.3 Å². The highest BCUT2D eigenvalue weighted by Gasteiger charge is 2.30. The van der Waals surface area contributed by atoms with Crippen molar-refractivity contribution in [2.75, 3.05) is 13.7 Å². The quantitative estimate of drug-likeness (QED) is 0.754. The van der Waals surface area contributed by atoms with Crippen LogP contribution in [0.3, 0.4) is 0 Å². The Hall–Kier alpha value is -0.910. The summed E-state index contributed by atoms with van der Waals surface area (Å²) in [6.45, 7) is 2.64. The molecular weight excluding hydrogens is 212 g/mol. The van der Waals surface area contributed by atoms with E-state index in [2.05, 4.69) is 5.32 Å². The van der Waals surface area contributed by atoms with E-state index in [-0.39, 0.29) is 6.61 Å². The Morgan fingerprint density at radius 3 is 2.93 bits per heavy atom. The molecule has 1 rings (SSSR count). The van der Waals surface area contributed by atoms with Crippen molar-refractivity contribution >= 4 is 17.2 Å². The van der Waals surface area contributed by atoms with E-state index in [4.69, 9.17) is 10.5 Å². The second-order valence-corrected chi connectivity index (χ2v) is 4.59. The summed E-state index contributed by atoms with van der Waals surface area (Å²) in [4.78, 5) is 12.4. The van der Waals surface area contributed by atoms with Crippen LogP contribution in [0.4, 0.5) is 0 Å². The van der Waals surface area contributed by atoms with Gasteiger partial charge in [0, 0.05) is 18.5 Å². The van der Waals surface area contributed by atoms with Gasteiger partial charge in [-0.1, -0.05) is 6.07 Å². The molecule has 0 aliphatic rings. The van der Waals surface area contributed by atoms with Crippen molar-refractivity contribution in [3.8, 4) is 0 Å². The maximum absolute atomic E-state index is 11.3. The second-order valence-electron chi connectivity index (χ2n) is 3.56. The monoisotopic (exact) mass is 228 g/mol. The molecule has 0 saturated heterocycles. The molecule has 15 heavy (non-hydrogen) atoms. The summed E-state index contributed by atoms with van der Waals surface area (Å²) in [5.41, 5.74) is 4.51. The molecule has 0 radical (unpaired) electrons. The SMILES string of the molecule is COCC(C)(NCc1cccs1)C(N)=O. The van der Waals surface area contributed by atoms with E-state index in [1.165, 1.54) is 4.88 Å². The summed E-state index contributed by atoms with van der Waals surface area (Å²) in [6.07, 6.45) is 0. The van der Waals surface area contributed by atoms with Gasteiger partial charge in [-0.05, 0) is 18.4 Å². The fourth-order valence-corrected chi connectivity index (χ4v) is 1.84. The first-order valence-electron chi connectivity index (χ1n) is 4.65. The molecule has 0 bridgehead atoms. The van der Waals surface area contributed by atoms with Crippen molar-refractivity contribution in [3.63, 3.8) is 0 Å². The number of methoxy groups -OCH3 is 1. The van der Waals surface area contributed by atoms with Crippen molar-refractivity contribution in [2.45, 2.75) is 19.0 Å². The number of ether oxygens (including phenoxy) is 1. The summed E-state index contributed by atoms with van der Waals surface area (Å²) < 4.78 is 4.98. The number of hydrogen-bond acceptors (Lipinski definition) is 4. The van der Waals surface area contributed by atoms with Crippen LogP contribution in [0.15, 0.2) is 17.5 Å². The molecule has 1 unspecified atom stereocenters. The van der Waals surface area contributed by atoms with Crippen LogP contribution in [0.25, 0.3) is 0 Å². The van der Waals surface area contributed by atoms with Crippen LogP contribution in [-0.4, -0.2) is 25.2 Å². The van der Waals surface area contributed by atoms with Gasteiger partial charge < -0.3 is 10.5 Å². The third-order valence-electron chi connectivity index (χ3n) is 2.21. The van der Waals surface area contributed by atoms with Gasteiger partial charge >= 0.3 is 0 Å². The van der Waals surface area contributed by atoms with Gasteiger partial charge in [-0.3, -0.25) is 10.1 Å². The molecule has 1 aromatic rings. The Labute approximate surface area is 93.4 Å². The molecule has 4 nitrogen and oxygen atoms in total. The molecule has 1 atom stereocenters. The number of hydrogen-bond donors (Lipinski definition) is 2. The van der Waals surface area contributed by atoms with Crippen LogP contribution in [0.2, 0.25) is 0 Å². The minimum Gasteiger partial charge on any atom is -0.382 e. The minimum absolute atomic E-state index is 0.272. The van der Waals surface area contributed by atoms with E-state index in [0.717, 1.165) is 0 Å². The van der Waals surface area contributed by atoms with E-state index in [1.54, 1.807) is 25.4 Å². The molecule has 0 fully saturated rings. The fraction of sp³-hybridized carbons (Fsp3) is 0.500. The first-order valence-corrected chi connectivity index (χ1v) is 5.53. The van der Waals surface area contributed by atoms with Crippen molar-refractivity contribution in [3.05, 3.63) is 22.4 Å². The number of thiophene rings is 1. The van der Waals surface area contributed by atoms with Crippen LogP contribution in [0, 0.1) is 0 Å². The zero-order valence-electron chi connectivity index (χ0n) is 8.95. The molecular formula is C10H16N2O2S. The van der Waals surface area contributed by atoms with Crippen LogP contribution in [0.5, 0.6) is 0 Å². The van der Waals surface area contributed by atoms with Crippen LogP contribution < -0.4 is 11.1 Å². The Kier molecular flexibility index (Phi) is 4.26. The van der Waals surface area contributed by atoms with Crippen molar-refractivity contribution in [2.24, 2.45) is 5.73 Å². The number of carbonyl (C=O) groups excluding carboxylic acids is 1. The van der Waals surface area contributed by atoms with E-state index >= 15 is 0 Å². The number of amides is 1. The van der Waals surface area contributed by atoms with E-state index in [0.29, 0.717) is 6.54 Å². The average Bonchev–Trinajstić information content (AvgIpc) is 2.67. The van der Waals surface area contributed by atoms with Gasteiger partial charge in [0.1, 0.15) is 5.54 Å². The van der Waals surface area contributed by atoms with Crippen molar-refractivity contribution in [1.82, 2.24) is 5.32 Å². The van der Waals surface area contributed by atoms with E-state index in [9.17, 15) is 4.79 Å². The van der Waals surface area contributed by atoms with Gasteiger partial charge in [0.2, 0.25) is 5.91 Å². The number of rotatable bonds is 6.